The predicted molar refractivity (Wildman–Crippen MR) is 85.7 cm³/mol. The maximum atomic E-state index is 11.9. The molecule has 1 unspecified atom stereocenters. The molecule has 2 N–H and O–H groups in total. The van der Waals surface area contributed by atoms with Crippen LogP contribution in [0, 0.1) is 6.92 Å². The van der Waals surface area contributed by atoms with Gasteiger partial charge >= 0.3 is 0 Å². The average Bonchev–Trinajstić information content (AvgIpc) is 2.85. The first-order valence-electron chi connectivity index (χ1n) is 7.31. The highest BCUT2D eigenvalue weighted by Gasteiger charge is 2.39. The molecule has 1 saturated heterocycles. The summed E-state index contributed by atoms with van der Waals surface area (Å²) >= 11 is 0. The zero-order valence-corrected chi connectivity index (χ0v) is 14.1. The number of ether oxygens (including phenoxy) is 1. The third kappa shape index (κ3) is 5.49. The van der Waals surface area contributed by atoms with Gasteiger partial charge in [-0.15, -0.1) is 0 Å². The van der Waals surface area contributed by atoms with Gasteiger partial charge in [-0.05, 0) is 31.0 Å². The number of hydrogen-bond donors (Lipinski definition) is 2. The molecule has 0 saturated carbocycles. The number of β-amino-alcohol motifs (C(OH)–C–C–N with tert-alkyl or cyclic N) is 1. The van der Waals surface area contributed by atoms with Crippen LogP contribution < -0.4 is 9.46 Å². The van der Waals surface area contributed by atoms with Crippen molar-refractivity contribution in [1.29, 1.82) is 0 Å². The number of hydrogen-bond acceptors (Lipinski definition) is 5. The number of nitrogens with zero attached hydrogens (tertiary/aromatic N) is 1. The molecule has 23 heavy (non-hydrogen) atoms. The van der Waals surface area contributed by atoms with Gasteiger partial charge in [0, 0.05) is 6.54 Å². The van der Waals surface area contributed by atoms with Crippen molar-refractivity contribution in [2.45, 2.75) is 18.9 Å². The molecule has 1 aromatic carbocycles. The predicted octanol–water partition coefficient (Wildman–Crippen LogP) is -0.114. The Bertz CT molecular complexity index is 676. The van der Waals surface area contributed by atoms with E-state index in [4.69, 9.17) is 4.74 Å². The van der Waals surface area contributed by atoms with Gasteiger partial charge in [-0.2, -0.15) is 0 Å². The Hall–Kier alpha value is -1.64. The molecule has 128 valence electrons. The van der Waals surface area contributed by atoms with Crippen LogP contribution in [0.4, 0.5) is 0 Å². The van der Waals surface area contributed by atoms with Gasteiger partial charge in [-0.1, -0.05) is 12.1 Å². The largest absolute Gasteiger partial charge is 0.491 e. The van der Waals surface area contributed by atoms with Crippen LogP contribution in [0.15, 0.2) is 24.3 Å². The Morgan fingerprint density at radius 2 is 2.22 bits per heavy atom. The molecule has 0 radical (unpaired) electrons. The molecule has 2 rings (SSSR count). The lowest BCUT2D eigenvalue weighted by atomic mass is 10.1. The Kier molecular flexibility index (Phi) is 5.28. The lowest BCUT2D eigenvalue weighted by molar-refractivity contribution is -0.130. The van der Waals surface area contributed by atoms with Gasteiger partial charge in [0.25, 0.3) is 0 Å². The Morgan fingerprint density at radius 1 is 1.48 bits per heavy atom. The van der Waals surface area contributed by atoms with Gasteiger partial charge in [-0.25, -0.2) is 13.1 Å². The molecular weight excluding hydrogens is 320 g/mol. The van der Waals surface area contributed by atoms with Crippen molar-refractivity contribution in [1.82, 2.24) is 9.62 Å². The van der Waals surface area contributed by atoms with E-state index in [1.54, 1.807) is 0 Å². The summed E-state index contributed by atoms with van der Waals surface area (Å²) in [6.45, 7) is 2.24. The third-order valence-electron chi connectivity index (χ3n) is 3.67. The SMILES string of the molecule is Cc1cccc(OCC2(O)CCN(C(=O)CNS(C)(=O)=O)C2)c1. The summed E-state index contributed by atoms with van der Waals surface area (Å²) in [6, 6.07) is 7.50. The molecule has 1 amide bonds. The summed E-state index contributed by atoms with van der Waals surface area (Å²) in [7, 11) is -3.41. The monoisotopic (exact) mass is 342 g/mol. The summed E-state index contributed by atoms with van der Waals surface area (Å²) in [5.41, 5.74) is -0.0608. The highest BCUT2D eigenvalue weighted by molar-refractivity contribution is 7.88. The summed E-state index contributed by atoms with van der Waals surface area (Å²) in [6.07, 6.45) is 1.39. The van der Waals surface area contributed by atoms with Gasteiger partial charge in [0.15, 0.2) is 0 Å². The molecule has 0 spiro atoms. The first-order chi connectivity index (χ1) is 10.7. The van der Waals surface area contributed by atoms with Crippen molar-refractivity contribution in [2.75, 3.05) is 32.5 Å². The Morgan fingerprint density at radius 3 is 2.87 bits per heavy atom. The summed E-state index contributed by atoms with van der Waals surface area (Å²) in [5.74, 6) is 0.309. The topological polar surface area (TPSA) is 95.9 Å². The van der Waals surface area contributed by atoms with E-state index in [2.05, 4.69) is 4.72 Å². The van der Waals surface area contributed by atoms with Crippen LogP contribution in [0.1, 0.15) is 12.0 Å². The smallest absolute Gasteiger partial charge is 0.237 e. The van der Waals surface area contributed by atoms with Gasteiger partial charge in [0.2, 0.25) is 15.9 Å². The van der Waals surface area contributed by atoms with Gasteiger partial charge in [0.05, 0.1) is 19.3 Å². The summed E-state index contributed by atoms with van der Waals surface area (Å²) in [4.78, 5) is 13.4. The molecule has 0 aromatic heterocycles. The van der Waals surface area contributed by atoms with Crippen molar-refractivity contribution in [3.8, 4) is 5.75 Å². The highest BCUT2D eigenvalue weighted by atomic mass is 32.2. The van der Waals surface area contributed by atoms with Gasteiger partial charge in [0.1, 0.15) is 18.0 Å². The second-order valence-electron chi connectivity index (χ2n) is 5.99. The fourth-order valence-electron chi connectivity index (χ4n) is 2.41. The van der Waals surface area contributed by atoms with E-state index >= 15 is 0 Å². The van der Waals surface area contributed by atoms with E-state index in [1.807, 2.05) is 31.2 Å². The van der Waals surface area contributed by atoms with Crippen LogP contribution in [0.25, 0.3) is 0 Å². The fraction of sp³-hybridized carbons (Fsp3) is 0.533. The zero-order valence-electron chi connectivity index (χ0n) is 13.3. The van der Waals surface area contributed by atoms with Crippen molar-refractivity contribution in [3.05, 3.63) is 29.8 Å². The Labute approximate surface area is 136 Å². The van der Waals surface area contributed by atoms with Crippen molar-refractivity contribution in [2.24, 2.45) is 0 Å². The van der Waals surface area contributed by atoms with Crippen molar-refractivity contribution >= 4 is 15.9 Å². The fourth-order valence-corrected chi connectivity index (χ4v) is 2.80. The molecule has 1 aliphatic rings. The average molecular weight is 342 g/mol. The minimum atomic E-state index is -3.41. The second-order valence-corrected chi connectivity index (χ2v) is 7.82. The number of nitrogens with one attached hydrogen (secondary N) is 1. The molecule has 1 aromatic rings. The zero-order chi connectivity index (χ0) is 17.1. The molecule has 8 heteroatoms. The standard InChI is InChI=1S/C15H22N2O5S/c1-12-4-3-5-13(8-12)22-11-15(19)6-7-17(10-15)14(18)9-16-23(2,20)21/h3-5,8,16,19H,6-7,9-11H2,1-2H3. The van der Waals surface area contributed by atoms with E-state index in [0.717, 1.165) is 11.8 Å². The van der Waals surface area contributed by atoms with E-state index in [-0.39, 0.29) is 25.6 Å². The van der Waals surface area contributed by atoms with Crippen LogP contribution in [0.2, 0.25) is 0 Å². The molecule has 0 aliphatic carbocycles. The number of aryl methyl sites for hydroxylation is 1. The third-order valence-corrected chi connectivity index (χ3v) is 4.34. The van der Waals surface area contributed by atoms with E-state index in [0.29, 0.717) is 18.7 Å². The number of likely N-dealkylation sites (tertiary alicyclic amines) is 1. The molecule has 1 heterocycles. The van der Waals surface area contributed by atoms with Gasteiger partial charge < -0.3 is 14.7 Å². The van der Waals surface area contributed by atoms with Crippen LogP contribution in [-0.4, -0.2) is 62.4 Å². The minimum Gasteiger partial charge on any atom is -0.491 e. The van der Waals surface area contributed by atoms with Crippen molar-refractivity contribution < 1.29 is 23.1 Å². The minimum absolute atomic E-state index is 0.0831. The Balaban J connectivity index is 1.86. The lowest BCUT2D eigenvalue weighted by Crippen LogP contribution is -2.43. The molecular formula is C15H22N2O5S. The van der Waals surface area contributed by atoms with E-state index < -0.39 is 15.6 Å². The van der Waals surface area contributed by atoms with Crippen LogP contribution in [0.3, 0.4) is 0 Å². The first-order valence-corrected chi connectivity index (χ1v) is 9.20. The highest BCUT2D eigenvalue weighted by Crippen LogP contribution is 2.23. The number of carbonyl (C=O) groups excluding carboxylic acids is 1. The normalized spacial score (nSPS) is 21.4. The molecule has 1 aliphatic heterocycles. The molecule has 1 fully saturated rings. The lowest BCUT2D eigenvalue weighted by Gasteiger charge is -2.23. The number of amides is 1. The van der Waals surface area contributed by atoms with Crippen LogP contribution in [0.5, 0.6) is 5.75 Å². The van der Waals surface area contributed by atoms with Crippen LogP contribution >= 0.6 is 0 Å². The number of carbonyl (C=O) groups is 1. The molecule has 7 nitrogen and oxygen atoms in total. The second kappa shape index (κ2) is 6.86. The molecule has 0 bridgehead atoms. The van der Waals surface area contributed by atoms with Gasteiger partial charge in [-0.3, -0.25) is 4.79 Å². The number of sulfonamides is 1. The maximum absolute atomic E-state index is 11.9. The number of aliphatic hydroxyl groups is 1. The quantitative estimate of drug-likeness (QED) is 0.752. The maximum Gasteiger partial charge on any atom is 0.237 e. The first kappa shape index (κ1) is 17.7. The van der Waals surface area contributed by atoms with Crippen LogP contribution in [-0.2, 0) is 14.8 Å². The summed E-state index contributed by atoms with van der Waals surface area (Å²) < 4.78 is 29.8. The molecule has 1 atom stereocenters. The summed E-state index contributed by atoms with van der Waals surface area (Å²) in [5, 5.41) is 10.5. The van der Waals surface area contributed by atoms with Crippen molar-refractivity contribution in [3.63, 3.8) is 0 Å². The number of rotatable bonds is 6. The number of benzene rings is 1. The van der Waals surface area contributed by atoms with E-state index in [1.165, 1.54) is 4.90 Å². The van der Waals surface area contributed by atoms with E-state index in [9.17, 15) is 18.3 Å².